The number of nitrogens with zero attached hydrogens (tertiary/aromatic N) is 1. The van der Waals surface area contributed by atoms with E-state index in [4.69, 9.17) is 22.7 Å². The zero-order chi connectivity index (χ0) is 14.4. The third kappa shape index (κ3) is 4.46. The maximum atomic E-state index is 5.78. The van der Waals surface area contributed by atoms with E-state index in [2.05, 4.69) is 11.8 Å². The lowest BCUT2D eigenvalue weighted by Crippen LogP contribution is -2.35. The summed E-state index contributed by atoms with van der Waals surface area (Å²) in [7, 11) is 0. The third-order valence-corrected chi connectivity index (χ3v) is 4.24. The molecule has 0 saturated heterocycles. The second-order valence-corrected chi connectivity index (χ2v) is 5.87. The summed E-state index contributed by atoms with van der Waals surface area (Å²) < 4.78 is 5.78. The van der Waals surface area contributed by atoms with E-state index < -0.39 is 0 Å². The van der Waals surface area contributed by atoms with E-state index in [-0.39, 0.29) is 0 Å². The van der Waals surface area contributed by atoms with E-state index >= 15 is 0 Å². The van der Waals surface area contributed by atoms with E-state index in [1.54, 1.807) is 0 Å². The van der Waals surface area contributed by atoms with Crippen LogP contribution >= 0.6 is 12.2 Å². The molecule has 2 N–H and O–H groups in total. The Morgan fingerprint density at radius 1 is 1.35 bits per heavy atom. The number of hydrogen-bond donors (Lipinski definition) is 1. The Labute approximate surface area is 127 Å². The fourth-order valence-electron chi connectivity index (χ4n) is 2.43. The SMILES string of the molecule is CCN(CCOc1ccc(C(N)=S)cc1)CC1CCC1. The lowest BCUT2D eigenvalue weighted by molar-refractivity contribution is 0.158. The zero-order valence-electron chi connectivity index (χ0n) is 12.2. The first kappa shape index (κ1) is 15.3. The van der Waals surface area contributed by atoms with Crippen molar-refractivity contribution < 1.29 is 4.74 Å². The van der Waals surface area contributed by atoms with Gasteiger partial charge in [0.05, 0.1) is 0 Å². The quantitative estimate of drug-likeness (QED) is 0.748. The first-order chi connectivity index (χ1) is 9.69. The molecule has 1 aliphatic rings. The molecule has 1 aliphatic carbocycles. The molecule has 3 nitrogen and oxygen atoms in total. The van der Waals surface area contributed by atoms with E-state index in [1.807, 2.05) is 24.3 Å². The zero-order valence-corrected chi connectivity index (χ0v) is 13.0. The van der Waals surface area contributed by atoms with Gasteiger partial charge in [-0.2, -0.15) is 0 Å². The maximum Gasteiger partial charge on any atom is 0.119 e. The molecule has 0 bridgehead atoms. The summed E-state index contributed by atoms with van der Waals surface area (Å²) in [6.45, 7) is 6.26. The Hall–Kier alpha value is -1.13. The standard InChI is InChI=1S/C16H24N2OS/c1-2-18(12-13-4-3-5-13)10-11-19-15-8-6-14(7-9-15)16(17)20/h6-9,13H,2-5,10-12H2,1H3,(H2,17,20). The van der Waals surface area contributed by atoms with Gasteiger partial charge in [-0.05, 0) is 49.6 Å². The minimum atomic E-state index is 0.425. The van der Waals surface area contributed by atoms with Crippen LogP contribution in [0, 0.1) is 5.92 Å². The Morgan fingerprint density at radius 3 is 2.55 bits per heavy atom. The summed E-state index contributed by atoms with van der Waals surface area (Å²) >= 11 is 4.93. The summed E-state index contributed by atoms with van der Waals surface area (Å²) in [5.74, 6) is 1.80. The number of nitrogens with two attached hydrogens (primary N) is 1. The van der Waals surface area contributed by atoms with Gasteiger partial charge in [-0.3, -0.25) is 4.90 Å². The van der Waals surface area contributed by atoms with Crippen LogP contribution in [0.5, 0.6) is 5.75 Å². The van der Waals surface area contributed by atoms with E-state index in [0.717, 1.165) is 36.9 Å². The van der Waals surface area contributed by atoms with E-state index in [1.165, 1.54) is 25.8 Å². The monoisotopic (exact) mass is 292 g/mol. The molecule has 1 saturated carbocycles. The van der Waals surface area contributed by atoms with Gasteiger partial charge >= 0.3 is 0 Å². The van der Waals surface area contributed by atoms with Crippen molar-refractivity contribution in [2.75, 3.05) is 26.2 Å². The predicted octanol–water partition coefficient (Wildman–Crippen LogP) is 2.82. The molecule has 0 unspecified atom stereocenters. The Balaban J connectivity index is 1.72. The average Bonchev–Trinajstić information content (AvgIpc) is 2.41. The van der Waals surface area contributed by atoms with Gasteiger partial charge in [0.25, 0.3) is 0 Å². The van der Waals surface area contributed by atoms with Crippen molar-refractivity contribution in [2.45, 2.75) is 26.2 Å². The Bertz CT molecular complexity index is 429. The van der Waals surface area contributed by atoms with E-state index in [0.29, 0.717) is 4.99 Å². The van der Waals surface area contributed by atoms with Crippen LogP contribution in [-0.2, 0) is 0 Å². The van der Waals surface area contributed by atoms with Crippen molar-refractivity contribution in [3.05, 3.63) is 29.8 Å². The van der Waals surface area contributed by atoms with Gasteiger partial charge in [-0.25, -0.2) is 0 Å². The summed E-state index contributed by atoms with van der Waals surface area (Å²) in [6, 6.07) is 7.67. The highest BCUT2D eigenvalue weighted by Crippen LogP contribution is 2.26. The number of hydrogen-bond acceptors (Lipinski definition) is 3. The molecule has 4 heteroatoms. The van der Waals surface area contributed by atoms with Crippen LogP contribution in [0.2, 0.25) is 0 Å². The molecule has 0 spiro atoms. The molecule has 0 radical (unpaired) electrons. The van der Waals surface area contributed by atoms with Gasteiger partial charge in [-0.15, -0.1) is 0 Å². The molecule has 1 aromatic rings. The van der Waals surface area contributed by atoms with Gasteiger partial charge in [0.15, 0.2) is 0 Å². The molecule has 0 atom stereocenters. The first-order valence-electron chi connectivity index (χ1n) is 7.44. The molecule has 1 fully saturated rings. The minimum absolute atomic E-state index is 0.425. The van der Waals surface area contributed by atoms with Gasteiger partial charge in [-0.1, -0.05) is 25.6 Å². The molecular formula is C16H24N2OS. The average molecular weight is 292 g/mol. The molecule has 110 valence electrons. The number of thiocarbonyl (C=S) groups is 1. The highest BCUT2D eigenvalue weighted by atomic mass is 32.1. The Morgan fingerprint density at radius 2 is 2.05 bits per heavy atom. The number of benzene rings is 1. The number of likely N-dealkylation sites (N-methyl/N-ethyl adjacent to an activating group) is 1. The van der Waals surface area contributed by atoms with E-state index in [9.17, 15) is 0 Å². The normalized spacial score (nSPS) is 15.1. The first-order valence-corrected chi connectivity index (χ1v) is 7.85. The molecule has 2 rings (SSSR count). The lowest BCUT2D eigenvalue weighted by Gasteiger charge is -2.31. The summed E-state index contributed by atoms with van der Waals surface area (Å²) in [6.07, 6.45) is 4.21. The van der Waals surface area contributed by atoms with Crippen LogP contribution < -0.4 is 10.5 Å². The summed E-state index contributed by atoms with van der Waals surface area (Å²) in [5, 5.41) is 0. The summed E-state index contributed by atoms with van der Waals surface area (Å²) in [5.41, 5.74) is 6.45. The maximum absolute atomic E-state index is 5.78. The number of ether oxygens (including phenoxy) is 1. The van der Waals surface area contributed by atoms with Crippen LogP contribution in [0.1, 0.15) is 31.7 Å². The van der Waals surface area contributed by atoms with Crippen molar-refractivity contribution in [1.29, 1.82) is 0 Å². The van der Waals surface area contributed by atoms with Crippen LogP contribution in [0.4, 0.5) is 0 Å². The van der Waals surface area contributed by atoms with Gasteiger partial charge in [0.1, 0.15) is 17.3 Å². The van der Waals surface area contributed by atoms with Crippen molar-refractivity contribution in [2.24, 2.45) is 11.7 Å². The van der Waals surface area contributed by atoms with Crippen molar-refractivity contribution in [1.82, 2.24) is 4.90 Å². The second kappa shape index (κ2) is 7.60. The fourth-order valence-corrected chi connectivity index (χ4v) is 2.56. The molecule has 0 heterocycles. The molecular weight excluding hydrogens is 268 g/mol. The van der Waals surface area contributed by atoms with Crippen molar-refractivity contribution in [3.63, 3.8) is 0 Å². The van der Waals surface area contributed by atoms with Crippen LogP contribution in [-0.4, -0.2) is 36.1 Å². The summed E-state index contributed by atoms with van der Waals surface area (Å²) in [4.78, 5) is 2.90. The van der Waals surface area contributed by atoms with Gasteiger partial charge in [0, 0.05) is 18.7 Å². The van der Waals surface area contributed by atoms with Gasteiger partial charge in [0.2, 0.25) is 0 Å². The molecule has 0 aliphatic heterocycles. The minimum Gasteiger partial charge on any atom is -0.492 e. The van der Waals surface area contributed by atoms with Crippen molar-refractivity contribution >= 4 is 17.2 Å². The lowest BCUT2D eigenvalue weighted by atomic mass is 9.85. The highest BCUT2D eigenvalue weighted by Gasteiger charge is 2.19. The Kier molecular flexibility index (Phi) is 5.80. The van der Waals surface area contributed by atoms with Crippen LogP contribution in [0.3, 0.4) is 0 Å². The highest BCUT2D eigenvalue weighted by molar-refractivity contribution is 7.80. The topological polar surface area (TPSA) is 38.5 Å². The smallest absolute Gasteiger partial charge is 0.119 e. The molecule has 0 aromatic heterocycles. The number of rotatable bonds is 8. The largest absolute Gasteiger partial charge is 0.492 e. The third-order valence-electron chi connectivity index (χ3n) is 4.00. The second-order valence-electron chi connectivity index (χ2n) is 5.43. The molecule has 20 heavy (non-hydrogen) atoms. The molecule has 0 amide bonds. The van der Waals surface area contributed by atoms with Crippen LogP contribution in [0.15, 0.2) is 24.3 Å². The predicted molar refractivity (Wildman–Crippen MR) is 87.3 cm³/mol. The van der Waals surface area contributed by atoms with Crippen molar-refractivity contribution in [3.8, 4) is 5.75 Å². The fraction of sp³-hybridized carbons (Fsp3) is 0.562. The van der Waals surface area contributed by atoms with Crippen LogP contribution in [0.25, 0.3) is 0 Å². The molecule has 1 aromatic carbocycles. The van der Waals surface area contributed by atoms with Gasteiger partial charge < -0.3 is 10.5 Å².